The first-order valence-electron chi connectivity index (χ1n) is 11.5. The van der Waals surface area contributed by atoms with E-state index in [4.69, 9.17) is 0 Å². The van der Waals surface area contributed by atoms with E-state index >= 15 is 0 Å². The Morgan fingerprint density at radius 3 is 1.43 bits per heavy atom. The van der Waals surface area contributed by atoms with Crippen LogP contribution in [0.1, 0.15) is 27.8 Å². The van der Waals surface area contributed by atoms with Crippen molar-refractivity contribution >= 4 is 28.0 Å². The maximum Gasteiger partial charge on any atom is 4.00 e. The first-order chi connectivity index (χ1) is 15.2. The Labute approximate surface area is 249 Å². The van der Waals surface area contributed by atoms with Crippen molar-refractivity contribution in [1.29, 1.82) is 0 Å². The molecule has 0 heterocycles. The summed E-state index contributed by atoms with van der Waals surface area (Å²) in [5, 5.41) is 2.90. The zero-order valence-corrected chi connectivity index (χ0v) is 28.3. The van der Waals surface area contributed by atoms with Crippen LogP contribution in [0.4, 0.5) is 0 Å². The summed E-state index contributed by atoms with van der Waals surface area (Å²) in [6.07, 6.45) is 0. The fourth-order valence-corrected chi connectivity index (χ4v) is 6.24. The molecule has 4 aromatic rings. The molecule has 35 heavy (non-hydrogen) atoms. The molecule has 0 aliphatic rings. The Hall–Kier alpha value is -0.963. The van der Waals surface area contributed by atoms with Gasteiger partial charge in [-0.25, -0.2) is 12.1 Å². The fourth-order valence-electron chi connectivity index (χ4n) is 3.57. The first-order valence-corrected chi connectivity index (χ1v) is 16.4. The number of halogens is 2. The van der Waals surface area contributed by atoms with E-state index in [1.54, 1.807) is 0 Å². The molecule has 0 N–H and O–H groups in total. The van der Waals surface area contributed by atoms with E-state index in [0.29, 0.717) is 0 Å². The molecule has 0 saturated carbocycles. The van der Waals surface area contributed by atoms with Crippen LogP contribution in [-0.2, 0) is 32.2 Å². The van der Waals surface area contributed by atoms with Crippen LogP contribution in [0.25, 0.3) is 0 Å². The Morgan fingerprint density at radius 2 is 1.14 bits per heavy atom. The van der Waals surface area contributed by atoms with Crippen LogP contribution in [0.3, 0.4) is 0 Å². The normalized spacial score (nSPS) is 9.69. The summed E-state index contributed by atoms with van der Waals surface area (Å²) in [6.45, 7) is 15.9. The van der Waals surface area contributed by atoms with Gasteiger partial charge in [0.15, 0.2) is 0 Å². The molecule has 4 rings (SSSR count). The van der Waals surface area contributed by atoms with Gasteiger partial charge in [0.1, 0.15) is 9.52 Å². The average Bonchev–Trinajstić information content (AvgIpc) is 3.33. The smallest absolute Gasteiger partial charge is 1.00 e. The van der Waals surface area contributed by atoms with Gasteiger partial charge in [0.2, 0.25) is 0 Å². The molecule has 4 aromatic carbocycles. The second kappa shape index (κ2) is 18.3. The molecule has 0 bridgehead atoms. The van der Waals surface area contributed by atoms with Gasteiger partial charge in [-0.3, -0.25) is 0 Å². The zero-order valence-electron chi connectivity index (χ0n) is 22.2. The molecule has 0 atom stereocenters. The number of hydrogen-bond donors (Lipinski definition) is 0. The van der Waals surface area contributed by atoms with E-state index in [-0.39, 0.29) is 60.5 Å². The molecule has 0 aliphatic carbocycles. The van der Waals surface area contributed by atoms with Gasteiger partial charge in [-0.15, -0.1) is 0 Å². The van der Waals surface area contributed by atoms with Crippen molar-refractivity contribution in [3.8, 4) is 0 Å². The summed E-state index contributed by atoms with van der Waals surface area (Å²) in [4.78, 5) is 0. The third-order valence-electron chi connectivity index (χ3n) is 5.58. The fraction of sp³-hybridized carbons (Fsp3) is 0.267. The van der Waals surface area contributed by atoms with Crippen LogP contribution < -0.4 is 35.2 Å². The summed E-state index contributed by atoms with van der Waals surface area (Å²) in [7, 11) is -0.590. The van der Waals surface area contributed by atoms with Crippen molar-refractivity contribution in [2.45, 2.75) is 53.4 Å². The predicted molar refractivity (Wildman–Crippen MR) is 149 cm³/mol. The molecule has 0 saturated heterocycles. The van der Waals surface area contributed by atoms with Gasteiger partial charge in [-0.1, -0.05) is 124 Å². The molecular formula is C30H39Cl2Si2Zr. The Balaban J connectivity index is 0. The SMILES string of the molecule is C[Si](C)(C)C[c-]1cccc1.Cc1c[c-](C)c(C)c1C.[Cl-].[Cl-].[Zr+4].c1ccc([SiH]c2ccccc2)cc1. The minimum Gasteiger partial charge on any atom is -1.00 e. The summed E-state index contributed by atoms with van der Waals surface area (Å²) in [6, 6.07) is 33.6. The van der Waals surface area contributed by atoms with E-state index in [2.05, 4.69) is 138 Å². The molecule has 0 spiro atoms. The first kappa shape index (κ1) is 36.2. The topological polar surface area (TPSA) is 0 Å². The molecule has 0 nitrogen and oxygen atoms in total. The van der Waals surface area contributed by atoms with Crippen LogP contribution >= 0.6 is 0 Å². The van der Waals surface area contributed by atoms with Crippen molar-refractivity contribution in [2.24, 2.45) is 0 Å². The number of hydrogen-bond acceptors (Lipinski definition) is 0. The molecule has 5 heteroatoms. The second-order valence-corrected chi connectivity index (χ2v) is 16.9. The molecule has 1 radical (unpaired) electrons. The number of benzene rings is 2. The van der Waals surface area contributed by atoms with Crippen molar-refractivity contribution in [1.82, 2.24) is 0 Å². The largest absolute Gasteiger partial charge is 4.00 e. The van der Waals surface area contributed by atoms with Gasteiger partial charge in [-0.2, -0.15) is 46.0 Å². The average molecular weight is 618 g/mol. The predicted octanol–water partition coefficient (Wildman–Crippen LogP) is 0.544. The van der Waals surface area contributed by atoms with Crippen molar-refractivity contribution in [2.75, 3.05) is 0 Å². The van der Waals surface area contributed by atoms with E-state index in [1.165, 1.54) is 44.2 Å². The summed E-state index contributed by atoms with van der Waals surface area (Å²) < 4.78 is 0. The minimum absolute atomic E-state index is 0. The number of rotatable bonds is 4. The minimum atomic E-state index is -0.862. The monoisotopic (exact) mass is 615 g/mol. The Morgan fingerprint density at radius 1 is 0.714 bits per heavy atom. The van der Waals surface area contributed by atoms with E-state index in [1.807, 2.05) is 0 Å². The quantitative estimate of drug-likeness (QED) is 0.232. The van der Waals surface area contributed by atoms with Crippen LogP contribution in [0, 0.1) is 27.7 Å². The van der Waals surface area contributed by atoms with Gasteiger partial charge in [0.25, 0.3) is 0 Å². The van der Waals surface area contributed by atoms with Gasteiger partial charge in [-0.05, 0) is 0 Å². The molecule has 0 amide bonds. The van der Waals surface area contributed by atoms with Gasteiger partial charge in [0.05, 0.1) is 0 Å². The van der Waals surface area contributed by atoms with Crippen molar-refractivity contribution in [3.05, 3.63) is 119 Å². The molecule has 0 aromatic heterocycles. The maximum absolute atomic E-state index is 2.40. The van der Waals surface area contributed by atoms with Gasteiger partial charge < -0.3 is 24.8 Å². The summed E-state index contributed by atoms with van der Waals surface area (Å²) >= 11 is 0. The standard InChI is InChI=1S/C12H11Si.C9H15Si.C9H13.2ClH.Zr/c1-3-7-11(8-4-1)13-12-9-5-2-6-10-12;1-10(2,3)8-9-6-4-5-7-9;1-6-5-7(2)9(4)8(6)3;;;/h1-10,13H;4-7H,8H2,1-3H3;5H,1-4H3;2*1H;/q;2*-1;;;+4/p-2. The van der Waals surface area contributed by atoms with E-state index in [0.717, 1.165) is 0 Å². The van der Waals surface area contributed by atoms with E-state index < -0.39 is 8.07 Å². The Kier molecular flexibility index (Phi) is 18.9. The zero-order chi connectivity index (χ0) is 23.6. The van der Waals surface area contributed by atoms with Crippen LogP contribution in [0.15, 0.2) is 91.0 Å². The van der Waals surface area contributed by atoms with Crippen LogP contribution in [0.2, 0.25) is 19.6 Å². The van der Waals surface area contributed by atoms with Crippen LogP contribution in [0.5, 0.6) is 0 Å². The summed E-state index contributed by atoms with van der Waals surface area (Å²) in [5.41, 5.74) is 7.26. The van der Waals surface area contributed by atoms with Gasteiger partial charge >= 0.3 is 26.2 Å². The second-order valence-electron chi connectivity index (χ2n) is 9.76. The maximum atomic E-state index is 2.40. The van der Waals surface area contributed by atoms with Crippen LogP contribution in [-0.4, -0.2) is 17.6 Å². The molecule has 185 valence electrons. The van der Waals surface area contributed by atoms with Crippen molar-refractivity contribution < 1.29 is 51.0 Å². The summed E-state index contributed by atoms with van der Waals surface area (Å²) in [5.74, 6) is 0. The Bertz CT molecular complexity index is 975. The molecule has 0 fully saturated rings. The van der Waals surface area contributed by atoms with Gasteiger partial charge in [0, 0.05) is 8.07 Å². The third kappa shape index (κ3) is 14.4. The third-order valence-corrected chi connectivity index (χ3v) is 8.48. The number of aryl methyl sites for hydroxylation is 2. The molecule has 0 aliphatic heterocycles. The van der Waals surface area contributed by atoms with E-state index in [9.17, 15) is 0 Å². The molecular weight excluding hydrogens is 579 g/mol. The van der Waals surface area contributed by atoms with Crippen molar-refractivity contribution in [3.63, 3.8) is 0 Å². The molecule has 0 unspecified atom stereocenters.